The predicted octanol–water partition coefficient (Wildman–Crippen LogP) is 3.61. The third-order valence-electron chi connectivity index (χ3n) is 8.80. The zero-order valence-corrected chi connectivity index (χ0v) is 31.0. The number of nitrogens with one attached hydrogen (secondary N) is 2. The van der Waals surface area contributed by atoms with E-state index in [2.05, 4.69) is 37.8 Å². The number of nitrogens with two attached hydrogens (primary N) is 3. The molecule has 3 atom stereocenters. The Morgan fingerprint density at radius 1 is 1.02 bits per heavy atom. The summed E-state index contributed by atoms with van der Waals surface area (Å²) in [7, 11) is 6.92. The summed E-state index contributed by atoms with van der Waals surface area (Å²) < 4.78 is 0. The second-order valence-electron chi connectivity index (χ2n) is 12.6. The van der Waals surface area contributed by atoms with E-state index in [1.165, 1.54) is 12.8 Å². The second kappa shape index (κ2) is 20.3. The summed E-state index contributed by atoms with van der Waals surface area (Å²) >= 11 is 0. The lowest BCUT2D eigenvalue weighted by molar-refractivity contribution is -0.118. The highest BCUT2D eigenvalue weighted by Crippen LogP contribution is 2.45. The molecule has 0 aliphatic heterocycles. The number of hydrogen-bond acceptors (Lipinski definition) is 8. The van der Waals surface area contributed by atoms with Crippen LogP contribution in [-0.4, -0.2) is 92.1 Å². The van der Waals surface area contributed by atoms with Crippen molar-refractivity contribution in [2.45, 2.75) is 84.2 Å². The Bertz CT molecular complexity index is 1380. The van der Waals surface area contributed by atoms with Crippen LogP contribution in [0.2, 0.25) is 0 Å². The highest BCUT2D eigenvalue weighted by atomic mass is 16.2. The molecule has 3 unspecified atom stereocenters. The van der Waals surface area contributed by atoms with Gasteiger partial charge < -0.3 is 25.8 Å². The molecule has 0 bridgehead atoms. The summed E-state index contributed by atoms with van der Waals surface area (Å²) in [6, 6.07) is 13.8. The van der Waals surface area contributed by atoms with Gasteiger partial charge in [-0.1, -0.05) is 46.2 Å². The van der Waals surface area contributed by atoms with Crippen LogP contribution in [0.1, 0.15) is 103 Å². The topological polar surface area (TPSA) is 199 Å². The quantitative estimate of drug-likeness (QED) is 0.0560. The van der Waals surface area contributed by atoms with Crippen molar-refractivity contribution < 1.29 is 14.4 Å². The van der Waals surface area contributed by atoms with Gasteiger partial charge in [-0.3, -0.25) is 31.5 Å². The molecule has 8 N–H and O–H groups in total. The van der Waals surface area contributed by atoms with Gasteiger partial charge in [0.1, 0.15) is 12.4 Å². The van der Waals surface area contributed by atoms with Gasteiger partial charge in [0.15, 0.2) is 0 Å². The van der Waals surface area contributed by atoms with E-state index in [1.807, 2.05) is 56.3 Å². The maximum atomic E-state index is 12.7. The summed E-state index contributed by atoms with van der Waals surface area (Å²) in [5, 5.41) is 20.6. The van der Waals surface area contributed by atoms with Crippen LogP contribution >= 0.6 is 0 Å². The van der Waals surface area contributed by atoms with E-state index in [0.717, 1.165) is 41.6 Å². The minimum atomic E-state index is -0.843. The van der Waals surface area contributed by atoms with E-state index in [-0.39, 0.29) is 30.2 Å². The molecule has 1 saturated carbocycles. The van der Waals surface area contributed by atoms with Crippen LogP contribution in [0.15, 0.2) is 36.4 Å². The van der Waals surface area contributed by atoms with Crippen LogP contribution in [0.5, 0.6) is 0 Å². The maximum Gasteiger partial charge on any atom is 0.253 e. The molecule has 0 heterocycles. The Hall–Kier alpha value is -4.31. The molecule has 12 heteroatoms. The molecule has 1 fully saturated rings. The number of carbonyl (C=O) groups excluding carboxylic acids is 3. The van der Waals surface area contributed by atoms with Gasteiger partial charge in [0, 0.05) is 51.4 Å². The number of amides is 3. The molecule has 12 nitrogen and oxygen atoms in total. The van der Waals surface area contributed by atoms with Gasteiger partial charge in [-0.05, 0) is 91.6 Å². The lowest BCUT2D eigenvalue weighted by Crippen LogP contribution is -2.49. The van der Waals surface area contributed by atoms with Crippen molar-refractivity contribution in [2.24, 2.45) is 23.3 Å². The number of hydrazine groups is 1. The first kappa shape index (κ1) is 42.7. The molecule has 2 aliphatic carbocycles. The second-order valence-corrected chi connectivity index (χ2v) is 12.6. The Labute approximate surface area is 293 Å². The highest BCUT2D eigenvalue weighted by Gasteiger charge is 2.45. The largest absolute Gasteiger partial charge is 0.387 e. The molecule has 0 saturated heterocycles. The van der Waals surface area contributed by atoms with Crippen molar-refractivity contribution in [3.8, 4) is 6.07 Å². The van der Waals surface area contributed by atoms with E-state index in [1.54, 1.807) is 42.9 Å². The van der Waals surface area contributed by atoms with Crippen LogP contribution in [0.4, 0.5) is 0 Å². The van der Waals surface area contributed by atoms with Gasteiger partial charge in [-0.15, -0.1) is 0 Å². The predicted molar refractivity (Wildman–Crippen MR) is 197 cm³/mol. The molecule has 0 radical (unpaired) electrons. The van der Waals surface area contributed by atoms with E-state index < -0.39 is 5.41 Å². The fourth-order valence-electron chi connectivity index (χ4n) is 6.58. The third-order valence-corrected chi connectivity index (χ3v) is 8.80. The normalized spacial score (nSPS) is 16.4. The number of fused-ring (bicyclic) bond motifs is 2. The first-order chi connectivity index (χ1) is 23.4. The number of hydrogen-bond donors (Lipinski definition) is 5. The van der Waals surface area contributed by atoms with Gasteiger partial charge in [-0.2, -0.15) is 5.26 Å². The first-order valence-electron chi connectivity index (χ1n) is 17.0. The van der Waals surface area contributed by atoms with Gasteiger partial charge >= 0.3 is 0 Å². The van der Waals surface area contributed by atoms with Crippen molar-refractivity contribution in [3.63, 3.8) is 0 Å². The van der Waals surface area contributed by atoms with Crippen LogP contribution in [0, 0.1) is 22.7 Å². The average molecular weight is 678 g/mol. The molecule has 2 aliphatic rings. The number of nitriles is 1. The molecule has 3 amide bonds. The minimum Gasteiger partial charge on any atom is -0.387 e. The van der Waals surface area contributed by atoms with E-state index in [4.69, 9.17) is 16.4 Å². The fourth-order valence-corrected chi connectivity index (χ4v) is 6.58. The Balaban J connectivity index is 0.000000626. The van der Waals surface area contributed by atoms with Crippen LogP contribution in [-0.2, 0) is 16.6 Å². The third kappa shape index (κ3) is 10.3. The number of nitrogens with zero attached hydrogens (tertiary/aromatic N) is 4. The van der Waals surface area contributed by atoms with Crippen molar-refractivity contribution in [2.75, 3.05) is 41.3 Å². The van der Waals surface area contributed by atoms with Crippen LogP contribution in [0.3, 0.4) is 0 Å². The molecular weight excluding hydrogens is 618 g/mol. The van der Waals surface area contributed by atoms with Crippen molar-refractivity contribution in [1.29, 1.82) is 10.7 Å². The van der Waals surface area contributed by atoms with Gasteiger partial charge in [0.25, 0.3) is 11.8 Å². The number of rotatable bonds is 12. The molecule has 2 aromatic carbocycles. The summed E-state index contributed by atoms with van der Waals surface area (Å²) in [5.74, 6) is 8.57. The Kier molecular flexibility index (Phi) is 17.7. The number of carbonyl (C=O) groups is 3. The van der Waals surface area contributed by atoms with E-state index in [0.29, 0.717) is 35.9 Å². The van der Waals surface area contributed by atoms with Crippen molar-refractivity contribution >= 4 is 24.1 Å². The summed E-state index contributed by atoms with van der Waals surface area (Å²) in [6.45, 7) is 11.3. The van der Waals surface area contributed by atoms with E-state index >= 15 is 0 Å². The molecule has 0 aromatic heterocycles. The molecule has 0 spiro atoms. The molecule has 4 rings (SSSR count). The average Bonchev–Trinajstić information content (AvgIpc) is 3.86. The standard InChI is InChI=1S/C26H35N5O2.C9H14N2O.C2H6.H4N2/c1-7-29-16(2)15-26(25(27)28)21-10-8-17(23(32)30(3)4)12-19(21)14-20-13-18(9-11-22(20)26)24(33)31(5)6;1-2-3-8-6-9(8)11(7-12)5-4-10;2*1-2/h8-13,16,29H,7,14-15H2,1-6H3,(H3,27,28);7-9H,2-3,5-6H2,1H3;1-2H3;1-2H2. The van der Waals surface area contributed by atoms with Gasteiger partial charge in [-0.25, -0.2) is 0 Å². The lowest BCUT2D eigenvalue weighted by atomic mass is 9.62. The monoisotopic (exact) mass is 677 g/mol. The zero-order valence-electron chi connectivity index (χ0n) is 31.0. The zero-order chi connectivity index (χ0) is 37.5. The molecule has 2 aromatic rings. The Morgan fingerprint density at radius 2 is 1.51 bits per heavy atom. The van der Waals surface area contributed by atoms with Crippen LogP contribution < -0.4 is 22.7 Å². The smallest absolute Gasteiger partial charge is 0.253 e. The van der Waals surface area contributed by atoms with Crippen molar-refractivity contribution in [1.82, 2.24) is 20.0 Å². The number of benzene rings is 2. The minimum absolute atomic E-state index is 0.0628. The molecule has 49 heavy (non-hydrogen) atoms. The van der Waals surface area contributed by atoms with Gasteiger partial charge in [0.05, 0.1) is 11.5 Å². The van der Waals surface area contributed by atoms with Gasteiger partial charge in [0.2, 0.25) is 6.41 Å². The Morgan fingerprint density at radius 3 is 1.88 bits per heavy atom. The lowest BCUT2D eigenvalue weighted by Gasteiger charge is -2.42. The fraction of sp³-hybridized carbons (Fsp3) is 0.541. The molecule has 270 valence electrons. The summed E-state index contributed by atoms with van der Waals surface area (Å²) in [4.78, 5) is 40.5. The van der Waals surface area contributed by atoms with Crippen LogP contribution in [0.25, 0.3) is 0 Å². The summed E-state index contributed by atoms with van der Waals surface area (Å²) in [6.07, 6.45) is 5.40. The number of amidine groups is 1. The first-order valence-corrected chi connectivity index (χ1v) is 17.0. The summed E-state index contributed by atoms with van der Waals surface area (Å²) in [5.41, 5.74) is 10.6. The van der Waals surface area contributed by atoms with E-state index in [9.17, 15) is 14.4 Å². The maximum absolute atomic E-state index is 12.7. The van der Waals surface area contributed by atoms with Crippen molar-refractivity contribution in [3.05, 3.63) is 69.8 Å². The SMILES string of the molecule is CC.CCCC1CC1N(C=O)CC#N.CCNC(C)CC1(C(=N)N)c2ccc(C(=O)N(C)C)cc2Cc2cc(C(=O)N(C)C)ccc21.NN. The molecular formula is C37H59N9O3. The highest BCUT2D eigenvalue weighted by molar-refractivity contribution is 5.98.